The Bertz CT molecular complexity index is 1200. The second-order valence-corrected chi connectivity index (χ2v) is 12.2. The number of carbonyl (C=O) groups excluding carboxylic acids is 1. The molecule has 6 rings (SSSR count). The van der Waals surface area contributed by atoms with Crippen LogP contribution in [0.4, 0.5) is 14.9 Å². The predicted octanol–water partition coefficient (Wildman–Crippen LogP) is 7.02. The molecule has 4 aliphatic rings. The first-order valence-corrected chi connectivity index (χ1v) is 14.7. The second-order valence-electron chi connectivity index (χ2n) is 12.2. The number of rotatable bonds is 6. The summed E-state index contributed by atoms with van der Waals surface area (Å²) in [5.41, 5.74) is 2.85. The molecule has 0 bridgehead atoms. The summed E-state index contributed by atoms with van der Waals surface area (Å²) in [4.78, 5) is 23.0. The quantitative estimate of drug-likeness (QED) is 0.448. The van der Waals surface area contributed by atoms with Gasteiger partial charge in [0.2, 0.25) is 0 Å². The molecule has 2 heterocycles. The van der Waals surface area contributed by atoms with Crippen LogP contribution in [0, 0.1) is 11.7 Å². The van der Waals surface area contributed by atoms with Crippen molar-refractivity contribution in [2.24, 2.45) is 10.9 Å². The average Bonchev–Trinajstić information content (AvgIpc) is 3.73. The van der Waals surface area contributed by atoms with Crippen LogP contribution in [0.25, 0.3) is 0 Å². The molecule has 2 aromatic carbocycles. The van der Waals surface area contributed by atoms with Crippen molar-refractivity contribution in [2.45, 2.75) is 102 Å². The van der Waals surface area contributed by atoms with Gasteiger partial charge in [-0.3, -0.25) is 20.1 Å². The fourth-order valence-corrected chi connectivity index (χ4v) is 7.10. The lowest BCUT2D eigenvalue weighted by atomic mass is 9.81. The Morgan fingerprint density at radius 2 is 1.87 bits per heavy atom. The topological polar surface area (TPSA) is 47.9 Å². The molecule has 6 heteroatoms. The number of amidine groups is 1. The van der Waals surface area contributed by atoms with Gasteiger partial charge in [0.1, 0.15) is 17.2 Å². The Balaban J connectivity index is 1.27. The molecular formula is C32H41FN4O. The summed E-state index contributed by atoms with van der Waals surface area (Å²) in [6, 6.07) is 15.9. The van der Waals surface area contributed by atoms with E-state index in [9.17, 15) is 9.18 Å². The lowest BCUT2D eigenvalue weighted by molar-refractivity contribution is 0.123. The van der Waals surface area contributed by atoms with E-state index in [0.29, 0.717) is 11.6 Å². The van der Waals surface area contributed by atoms with Crippen LogP contribution in [-0.2, 0) is 6.54 Å². The second kappa shape index (κ2) is 10.4. The molecule has 2 aromatic rings. The first-order chi connectivity index (χ1) is 18.4. The standard InChI is InChI=1S/C32H41FN4O/c1-22-20-32(16-17-36(22)21-24-8-6-9-26(18-24)23(2)25-14-15-25)30(34-28-11-4-3-5-12-28)35-31(38)37(32)29-13-7-10-27(33)19-29/h6-10,13,18-19,22-23,25,28H,3-5,11-12,14-17,20-21H2,1-2H3,(H,34,35,38)/t22-,23?,32+/m0/s1. The largest absolute Gasteiger partial charge is 0.328 e. The van der Waals surface area contributed by atoms with Crippen LogP contribution in [0.3, 0.4) is 0 Å². The van der Waals surface area contributed by atoms with E-state index in [1.54, 1.807) is 6.07 Å². The van der Waals surface area contributed by atoms with Gasteiger partial charge >= 0.3 is 6.03 Å². The molecule has 2 amide bonds. The Hall–Kier alpha value is -2.73. The maximum atomic E-state index is 14.3. The molecule has 1 N–H and O–H groups in total. The van der Waals surface area contributed by atoms with Gasteiger partial charge in [0, 0.05) is 24.8 Å². The molecule has 2 saturated heterocycles. The van der Waals surface area contributed by atoms with E-state index >= 15 is 0 Å². The van der Waals surface area contributed by atoms with Crippen LogP contribution in [0.15, 0.2) is 53.5 Å². The number of halogens is 1. The maximum Gasteiger partial charge on any atom is 0.328 e. The number of piperidine rings is 1. The number of nitrogens with one attached hydrogen (secondary N) is 1. The minimum Gasteiger partial charge on any atom is -0.296 e. The lowest BCUT2D eigenvalue weighted by Gasteiger charge is -2.47. The monoisotopic (exact) mass is 516 g/mol. The molecule has 0 aromatic heterocycles. The number of benzene rings is 2. The Morgan fingerprint density at radius 1 is 1.08 bits per heavy atom. The number of hydrogen-bond acceptors (Lipinski definition) is 3. The van der Waals surface area contributed by atoms with Crippen LogP contribution in [-0.4, -0.2) is 40.9 Å². The van der Waals surface area contributed by atoms with Gasteiger partial charge in [-0.05, 0) is 86.6 Å². The van der Waals surface area contributed by atoms with Crippen molar-refractivity contribution in [3.05, 3.63) is 65.5 Å². The van der Waals surface area contributed by atoms with Crippen molar-refractivity contribution in [2.75, 3.05) is 11.4 Å². The first kappa shape index (κ1) is 25.5. The molecule has 3 atom stereocenters. The third-order valence-electron chi connectivity index (χ3n) is 9.51. The first-order valence-electron chi connectivity index (χ1n) is 14.7. The molecule has 2 aliphatic heterocycles. The molecule has 2 aliphatic carbocycles. The van der Waals surface area contributed by atoms with Gasteiger partial charge in [0.25, 0.3) is 0 Å². The smallest absolute Gasteiger partial charge is 0.296 e. The Kier molecular flexibility index (Phi) is 7.02. The van der Waals surface area contributed by atoms with E-state index < -0.39 is 5.54 Å². The molecule has 202 valence electrons. The zero-order valence-corrected chi connectivity index (χ0v) is 22.8. The highest BCUT2D eigenvalue weighted by Crippen LogP contribution is 2.43. The highest BCUT2D eigenvalue weighted by Gasteiger charge is 2.54. The van der Waals surface area contributed by atoms with Crippen molar-refractivity contribution >= 4 is 17.6 Å². The van der Waals surface area contributed by atoms with Gasteiger partial charge in [0.05, 0.1) is 6.04 Å². The van der Waals surface area contributed by atoms with E-state index in [-0.39, 0.29) is 23.9 Å². The number of carbonyl (C=O) groups is 1. The molecule has 1 spiro atoms. The highest BCUT2D eigenvalue weighted by molar-refractivity contribution is 6.19. The molecular weight excluding hydrogens is 475 g/mol. The van der Waals surface area contributed by atoms with E-state index in [4.69, 9.17) is 4.99 Å². The fourth-order valence-electron chi connectivity index (χ4n) is 7.10. The van der Waals surface area contributed by atoms with Gasteiger partial charge in [-0.25, -0.2) is 9.18 Å². The SMILES string of the molecule is CC(c1cccc(CN2CC[C@@]3(C[C@@H]2C)C(=NC2CCCCC2)NC(=O)N3c2cccc(F)c2)c1)C1CC1. The van der Waals surface area contributed by atoms with Gasteiger partial charge in [-0.1, -0.05) is 56.5 Å². The minimum absolute atomic E-state index is 0.187. The van der Waals surface area contributed by atoms with E-state index in [1.807, 2.05) is 11.0 Å². The number of likely N-dealkylation sites (tertiary alicyclic amines) is 1. The van der Waals surface area contributed by atoms with Crippen LogP contribution < -0.4 is 10.2 Å². The van der Waals surface area contributed by atoms with E-state index in [1.165, 1.54) is 55.4 Å². The van der Waals surface area contributed by atoms with Gasteiger partial charge in [0.15, 0.2) is 0 Å². The third kappa shape index (κ3) is 5.00. The lowest BCUT2D eigenvalue weighted by Crippen LogP contribution is -2.59. The Morgan fingerprint density at radius 3 is 2.61 bits per heavy atom. The number of hydrogen-bond donors (Lipinski definition) is 1. The van der Waals surface area contributed by atoms with Crippen LogP contribution in [0.2, 0.25) is 0 Å². The third-order valence-corrected chi connectivity index (χ3v) is 9.51. The summed E-state index contributed by atoms with van der Waals surface area (Å²) >= 11 is 0. The molecule has 1 unspecified atom stereocenters. The number of aliphatic imine (C=N–C) groups is 1. The molecule has 0 radical (unpaired) electrons. The van der Waals surface area contributed by atoms with E-state index in [2.05, 4.69) is 48.3 Å². The van der Waals surface area contributed by atoms with Gasteiger partial charge < -0.3 is 0 Å². The number of amides is 2. The average molecular weight is 517 g/mol. The van der Waals surface area contributed by atoms with Gasteiger partial charge in [-0.2, -0.15) is 0 Å². The fraction of sp³-hybridized carbons (Fsp3) is 0.562. The van der Waals surface area contributed by atoms with Crippen LogP contribution >= 0.6 is 0 Å². The number of nitrogens with zero attached hydrogens (tertiary/aromatic N) is 3. The zero-order valence-electron chi connectivity index (χ0n) is 22.8. The van der Waals surface area contributed by atoms with Crippen molar-refractivity contribution in [3.8, 4) is 0 Å². The summed E-state index contributed by atoms with van der Waals surface area (Å²) in [5, 5.41) is 3.15. The normalized spacial score (nSPS) is 28.7. The minimum atomic E-state index is -0.569. The molecule has 4 fully saturated rings. The number of anilines is 1. The van der Waals surface area contributed by atoms with Crippen molar-refractivity contribution in [1.82, 2.24) is 10.2 Å². The highest BCUT2D eigenvalue weighted by atomic mass is 19.1. The predicted molar refractivity (Wildman–Crippen MR) is 151 cm³/mol. The van der Waals surface area contributed by atoms with Crippen molar-refractivity contribution < 1.29 is 9.18 Å². The van der Waals surface area contributed by atoms with Crippen molar-refractivity contribution in [1.29, 1.82) is 0 Å². The summed E-state index contributed by atoms with van der Waals surface area (Å²) in [7, 11) is 0. The van der Waals surface area contributed by atoms with Crippen molar-refractivity contribution in [3.63, 3.8) is 0 Å². The van der Waals surface area contributed by atoms with Gasteiger partial charge in [-0.15, -0.1) is 0 Å². The molecule has 2 saturated carbocycles. The summed E-state index contributed by atoms with van der Waals surface area (Å²) in [6.07, 6.45) is 10.1. The summed E-state index contributed by atoms with van der Waals surface area (Å²) < 4.78 is 14.3. The Labute approximate surface area is 226 Å². The van der Waals surface area contributed by atoms with Crippen LogP contribution in [0.5, 0.6) is 0 Å². The van der Waals surface area contributed by atoms with E-state index in [0.717, 1.165) is 50.5 Å². The molecule has 5 nitrogen and oxygen atoms in total. The summed E-state index contributed by atoms with van der Waals surface area (Å²) in [6.45, 7) is 6.39. The summed E-state index contributed by atoms with van der Waals surface area (Å²) in [5.74, 6) is 1.95. The maximum absolute atomic E-state index is 14.3. The van der Waals surface area contributed by atoms with Crippen LogP contribution in [0.1, 0.15) is 88.7 Å². The zero-order chi connectivity index (χ0) is 26.3. The molecule has 38 heavy (non-hydrogen) atoms. The number of urea groups is 1.